The van der Waals surface area contributed by atoms with Gasteiger partial charge in [-0.25, -0.2) is 0 Å². The SMILES string of the molecule is CCC[C@@H]1N(C(=O)c2cccnn2)CC[C@]12C(=O)Nc1ccccc12.O=CO. The summed E-state index contributed by atoms with van der Waals surface area (Å²) in [4.78, 5) is 36.1. The molecule has 2 atom stereocenters. The van der Waals surface area contributed by atoms with E-state index < -0.39 is 5.41 Å². The van der Waals surface area contributed by atoms with E-state index in [9.17, 15) is 9.59 Å². The van der Waals surface area contributed by atoms with Gasteiger partial charge < -0.3 is 15.3 Å². The highest BCUT2D eigenvalue weighted by Crippen LogP contribution is 2.49. The van der Waals surface area contributed by atoms with Gasteiger partial charge in [0, 0.05) is 18.4 Å². The zero-order valence-corrected chi connectivity index (χ0v) is 15.5. The molecule has 1 spiro atoms. The fraction of sp³-hybridized carbons (Fsp3) is 0.350. The highest BCUT2D eigenvalue weighted by Gasteiger charge is 2.58. The molecular formula is C20H22N4O4. The van der Waals surface area contributed by atoms with Crippen LogP contribution in [0.15, 0.2) is 42.6 Å². The van der Waals surface area contributed by atoms with Crippen LogP contribution in [0.25, 0.3) is 0 Å². The summed E-state index contributed by atoms with van der Waals surface area (Å²) in [7, 11) is 0. The van der Waals surface area contributed by atoms with Crippen LogP contribution in [0.1, 0.15) is 42.2 Å². The van der Waals surface area contributed by atoms with Gasteiger partial charge in [0.2, 0.25) is 5.91 Å². The molecule has 0 radical (unpaired) electrons. The summed E-state index contributed by atoms with van der Waals surface area (Å²) in [6.45, 7) is 2.37. The van der Waals surface area contributed by atoms with Crippen molar-refractivity contribution in [2.45, 2.75) is 37.6 Å². The summed E-state index contributed by atoms with van der Waals surface area (Å²) in [5.41, 5.74) is 1.53. The number of carbonyl (C=O) groups excluding carboxylic acids is 2. The van der Waals surface area contributed by atoms with Crippen LogP contribution in [0.2, 0.25) is 0 Å². The number of amides is 2. The lowest BCUT2D eigenvalue weighted by Crippen LogP contribution is -2.48. The van der Waals surface area contributed by atoms with E-state index in [4.69, 9.17) is 9.90 Å². The Kier molecular flexibility index (Phi) is 5.67. The number of hydrogen-bond acceptors (Lipinski definition) is 5. The van der Waals surface area contributed by atoms with Gasteiger partial charge in [-0.1, -0.05) is 31.5 Å². The Balaban J connectivity index is 0.000000706. The second-order valence-corrected chi connectivity index (χ2v) is 6.74. The van der Waals surface area contributed by atoms with Gasteiger partial charge in [0.05, 0.1) is 11.5 Å². The topological polar surface area (TPSA) is 112 Å². The highest BCUT2D eigenvalue weighted by atomic mass is 16.3. The van der Waals surface area contributed by atoms with Gasteiger partial charge in [0.1, 0.15) is 0 Å². The average molecular weight is 382 g/mol. The normalized spacial score (nSPS) is 22.2. The number of carboxylic acid groups (broad SMARTS) is 1. The maximum absolute atomic E-state index is 13.0. The third-order valence-corrected chi connectivity index (χ3v) is 5.37. The molecule has 1 aromatic heterocycles. The van der Waals surface area contributed by atoms with Gasteiger partial charge in [0.15, 0.2) is 5.69 Å². The summed E-state index contributed by atoms with van der Waals surface area (Å²) in [5.74, 6) is -0.151. The Bertz CT molecular complexity index is 874. The lowest BCUT2D eigenvalue weighted by atomic mass is 9.73. The lowest BCUT2D eigenvalue weighted by Gasteiger charge is -2.33. The van der Waals surface area contributed by atoms with Crippen LogP contribution in [0.4, 0.5) is 5.69 Å². The quantitative estimate of drug-likeness (QED) is 0.786. The standard InChI is InChI=1S/C19H20N4O2.CH2O2/c1-2-6-16-19(13-7-3-4-8-14(13)21-18(19)25)10-12-23(16)17(24)15-9-5-11-20-22-15;2-1-3/h3-5,7-9,11,16H,2,6,10,12H2,1H3,(H,21,25);1H,(H,2,3)/t16-,19+;/m0./s1. The zero-order valence-electron chi connectivity index (χ0n) is 15.5. The molecule has 146 valence electrons. The minimum absolute atomic E-state index is 0.00148. The van der Waals surface area contributed by atoms with Crippen molar-refractivity contribution in [3.63, 3.8) is 0 Å². The van der Waals surface area contributed by atoms with E-state index in [1.165, 1.54) is 0 Å². The van der Waals surface area contributed by atoms with Gasteiger partial charge in [0.25, 0.3) is 12.4 Å². The molecule has 0 bridgehead atoms. The highest BCUT2D eigenvalue weighted by molar-refractivity contribution is 6.08. The largest absolute Gasteiger partial charge is 0.483 e. The molecule has 0 saturated carbocycles. The molecule has 1 aromatic carbocycles. The molecule has 8 nitrogen and oxygen atoms in total. The van der Waals surface area contributed by atoms with Crippen LogP contribution in [0.3, 0.4) is 0 Å². The van der Waals surface area contributed by atoms with E-state index in [2.05, 4.69) is 22.4 Å². The first-order valence-electron chi connectivity index (χ1n) is 9.17. The minimum Gasteiger partial charge on any atom is -0.483 e. The van der Waals surface area contributed by atoms with Gasteiger partial charge in [-0.3, -0.25) is 14.4 Å². The van der Waals surface area contributed by atoms with Crippen molar-refractivity contribution in [3.8, 4) is 0 Å². The minimum atomic E-state index is -0.662. The predicted molar refractivity (Wildman–Crippen MR) is 102 cm³/mol. The molecule has 2 aromatic rings. The molecular weight excluding hydrogens is 360 g/mol. The van der Waals surface area contributed by atoms with Crippen molar-refractivity contribution < 1.29 is 19.5 Å². The molecule has 0 aliphatic carbocycles. The number of benzene rings is 1. The van der Waals surface area contributed by atoms with Crippen molar-refractivity contribution in [2.24, 2.45) is 0 Å². The number of nitrogens with one attached hydrogen (secondary N) is 1. The van der Waals surface area contributed by atoms with E-state index in [0.717, 1.165) is 24.1 Å². The fourth-order valence-corrected chi connectivity index (χ4v) is 4.28. The molecule has 1 fully saturated rings. The molecule has 8 heteroatoms. The number of para-hydroxylation sites is 1. The third kappa shape index (κ3) is 3.11. The number of anilines is 1. The van der Waals surface area contributed by atoms with Gasteiger partial charge in [-0.05, 0) is 36.6 Å². The first-order valence-corrected chi connectivity index (χ1v) is 9.17. The fourth-order valence-electron chi connectivity index (χ4n) is 4.28. The number of rotatable bonds is 3. The Hall–Kier alpha value is -3.29. The maximum Gasteiger partial charge on any atom is 0.290 e. The maximum atomic E-state index is 13.0. The summed E-state index contributed by atoms with van der Waals surface area (Å²) >= 11 is 0. The number of aromatic nitrogens is 2. The Morgan fingerprint density at radius 1 is 1.36 bits per heavy atom. The van der Waals surface area contributed by atoms with Crippen molar-refractivity contribution in [1.29, 1.82) is 0 Å². The van der Waals surface area contributed by atoms with Gasteiger partial charge >= 0.3 is 0 Å². The van der Waals surface area contributed by atoms with Gasteiger partial charge in [-0.2, -0.15) is 5.10 Å². The van der Waals surface area contributed by atoms with Crippen molar-refractivity contribution >= 4 is 24.0 Å². The predicted octanol–water partition coefficient (Wildman–Crippen LogP) is 2.08. The molecule has 4 rings (SSSR count). The van der Waals surface area contributed by atoms with Gasteiger partial charge in [-0.15, -0.1) is 5.10 Å². The summed E-state index contributed by atoms with van der Waals surface area (Å²) in [6, 6.07) is 11.0. The number of carbonyl (C=O) groups is 3. The van der Waals surface area contributed by atoms with Crippen LogP contribution >= 0.6 is 0 Å². The Labute approximate surface area is 162 Å². The van der Waals surface area contributed by atoms with E-state index in [0.29, 0.717) is 18.7 Å². The number of fused-ring (bicyclic) bond motifs is 2. The average Bonchev–Trinajstić information content (AvgIpc) is 3.23. The van der Waals surface area contributed by atoms with Crippen molar-refractivity contribution in [2.75, 3.05) is 11.9 Å². The van der Waals surface area contributed by atoms with Crippen LogP contribution in [0.5, 0.6) is 0 Å². The van der Waals surface area contributed by atoms with E-state index >= 15 is 0 Å². The van der Waals surface area contributed by atoms with Crippen LogP contribution < -0.4 is 5.32 Å². The molecule has 0 unspecified atom stereocenters. The Morgan fingerprint density at radius 2 is 2.11 bits per heavy atom. The molecule has 2 N–H and O–H groups in total. The van der Waals surface area contributed by atoms with Crippen LogP contribution in [0, 0.1) is 0 Å². The summed E-state index contributed by atoms with van der Waals surface area (Å²) in [6.07, 6.45) is 3.85. The van der Waals surface area contributed by atoms with Crippen LogP contribution in [-0.2, 0) is 15.0 Å². The molecule has 2 aliphatic heterocycles. The van der Waals surface area contributed by atoms with E-state index in [-0.39, 0.29) is 24.3 Å². The number of nitrogens with zero attached hydrogens (tertiary/aromatic N) is 3. The molecule has 2 amide bonds. The first-order chi connectivity index (χ1) is 13.6. The van der Waals surface area contributed by atoms with Crippen LogP contribution in [-0.4, -0.2) is 51.1 Å². The summed E-state index contributed by atoms with van der Waals surface area (Å²) < 4.78 is 0. The second kappa shape index (κ2) is 8.16. The zero-order chi connectivity index (χ0) is 20.1. The molecule has 3 heterocycles. The number of hydrogen-bond donors (Lipinski definition) is 2. The monoisotopic (exact) mass is 382 g/mol. The second-order valence-electron chi connectivity index (χ2n) is 6.74. The number of likely N-dealkylation sites (tertiary alicyclic amines) is 1. The lowest BCUT2D eigenvalue weighted by molar-refractivity contribution is -0.123. The smallest absolute Gasteiger partial charge is 0.290 e. The van der Waals surface area contributed by atoms with Crippen molar-refractivity contribution in [3.05, 3.63) is 53.9 Å². The van der Waals surface area contributed by atoms with Crippen molar-refractivity contribution in [1.82, 2.24) is 15.1 Å². The summed E-state index contributed by atoms with van der Waals surface area (Å²) in [5, 5.41) is 17.7. The van der Waals surface area contributed by atoms with E-state index in [1.807, 2.05) is 29.2 Å². The molecule has 28 heavy (non-hydrogen) atoms. The molecule has 1 saturated heterocycles. The first kappa shape index (κ1) is 19.5. The molecule has 2 aliphatic rings. The third-order valence-electron chi connectivity index (χ3n) is 5.37. The van der Waals surface area contributed by atoms with E-state index in [1.54, 1.807) is 18.3 Å². The Morgan fingerprint density at radius 3 is 2.79 bits per heavy atom.